The fourth-order valence-electron chi connectivity index (χ4n) is 3.54. The molecule has 27 heavy (non-hydrogen) atoms. The van der Waals surface area contributed by atoms with Gasteiger partial charge in [-0.1, -0.05) is 0 Å². The lowest BCUT2D eigenvalue weighted by atomic mass is 9.86. The first kappa shape index (κ1) is 19.5. The molecule has 2 amide bonds. The summed E-state index contributed by atoms with van der Waals surface area (Å²) in [5, 5.41) is 9.93. The van der Waals surface area contributed by atoms with Crippen LogP contribution >= 0.6 is 11.3 Å². The summed E-state index contributed by atoms with van der Waals surface area (Å²) < 4.78 is 11.2. The van der Waals surface area contributed by atoms with Gasteiger partial charge in [-0.05, 0) is 39.3 Å². The van der Waals surface area contributed by atoms with E-state index in [1.165, 1.54) is 11.3 Å². The maximum absolute atomic E-state index is 12.6. The molecule has 0 aliphatic carbocycles. The number of nitrogens with one attached hydrogen (secondary N) is 2. The van der Waals surface area contributed by atoms with Crippen molar-refractivity contribution < 1.29 is 19.1 Å². The average molecular weight is 392 g/mol. The molecular weight excluding hydrogens is 368 g/mol. The molecule has 9 heteroatoms. The number of anilines is 1. The third-order valence-corrected chi connectivity index (χ3v) is 5.78. The Hall–Kier alpha value is -2.23. The van der Waals surface area contributed by atoms with Crippen LogP contribution in [-0.2, 0) is 28.1 Å². The van der Waals surface area contributed by atoms with Crippen molar-refractivity contribution in [3.05, 3.63) is 33.5 Å². The molecule has 0 atom stereocenters. The third kappa shape index (κ3) is 3.76. The lowest BCUT2D eigenvalue weighted by molar-refractivity contribution is -0.135. The second kappa shape index (κ2) is 6.74. The Kier molecular flexibility index (Phi) is 4.87. The Morgan fingerprint density at radius 1 is 1.41 bits per heavy atom. The van der Waals surface area contributed by atoms with Crippen LogP contribution in [0, 0.1) is 0 Å². The standard InChI is InChI=1S/C18H24N4O4S/c1-17(2)7-10-12(14(19)23)16(27-13(10)18(3,4)26-17)20-15(24)11-6-9(8-25-5)21-22-11/h6H,7-8H2,1-5H3,(H2,19,23)(H,20,24)(H,21,22). The SMILES string of the molecule is COCc1cc(C(=O)Nc2sc3c(c2C(N)=O)CC(C)(C)OC3(C)C)n[nH]1. The summed E-state index contributed by atoms with van der Waals surface area (Å²) in [6, 6.07) is 1.60. The first-order chi connectivity index (χ1) is 12.5. The minimum atomic E-state index is -0.590. The maximum atomic E-state index is 12.6. The van der Waals surface area contributed by atoms with Gasteiger partial charge in [0.05, 0.1) is 29.1 Å². The maximum Gasteiger partial charge on any atom is 0.276 e. The number of thiophene rings is 1. The van der Waals surface area contributed by atoms with Crippen LogP contribution in [0.3, 0.4) is 0 Å². The zero-order valence-electron chi connectivity index (χ0n) is 16.1. The van der Waals surface area contributed by atoms with Crippen molar-refractivity contribution in [1.82, 2.24) is 10.2 Å². The molecule has 8 nitrogen and oxygen atoms in total. The van der Waals surface area contributed by atoms with Crippen LogP contribution < -0.4 is 11.1 Å². The molecule has 0 aromatic carbocycles. The first-order valence-electron chi connectivity index (χ1n) is 8.55. The van der Waals surface area contributed by atoms with Gasteiger partial charge in [-0.25, -0.2) is 0 Å². The molecule has 0 fully saturated rings. The predicted molar refractivity (Wildman–Crippen MR) is 102 cm³/mol. The number of nitrogens with zero attached hydrogens (tertiary/aromatic N) is 1. The van der Waals surface area contributed by atoms with Crippen molar-refractivity contribution in [2.45, 2.75) is 51.9 Å². The fraction of sp³-hybridized carbons (Fsp3) is 0.500. The number of methoxy groups -OCH3 is 1. The Labute approximate surface area is 161 Å². The molecule has 3 rings (SSSR count). The van der Waals surface area contributed by atoms with Gasteiger partial charge in [-0.3, -0.25) is 14.7 Å². The number of fused-ring (bicyclic) bond motifs is 1. The molecule has 2 aromatic rings. The minimum Gasteiger partial charge on any atom is -0.378 e. The second-order valence-electron chi connectivity index (χ2n) is 7.69. The number of hydrogen-bond acceptors (Lipinski definition) is 6. The number of hydrogen-bond donors (Lipinski definition) is 3. The molecule has 1 aliphatic heterocycles. The van der Waals surface area contributed by atoms with Gasteiger partial charge in [-0.2, -0.15) is 5.10 Å². The molecule has 0 saturated carbocycles. The van der Waals surface area contributed by atoms with E-state index in [1.807, 2.05) is 27.7 Å². The lowest BCUT2D eigenvalue weighted by Crippen LogP contribution is -2.42. The third-order valence-electron chi connectivity index (χ3n) is 4.32. The molecular formula is C18H24N4O4S. The summed E-state index contributed by atoms with van der Waals surface area (Å²) in [6.45, 7) is 8.16. The van der Waals surface area contributed by atoms with Crippen LogP contribution in [0.25, 0.3) is 0 Å². The number of H-pyrrole nitrogens is 1. The molecule has 0 bridgehead atoms. The summed E-state index contributed by atoms with van der Waals surface area (Å²) in [6.07, 6.45) is 0.538. The Balaban J connectivity index is 1.97. The van der Waals surface area contributed by atoms with Crippen LogP contribution in [0.1, 0.15) is 64.7 Å². The minimum absolute atomic E-state index is 0.208. The van der Waals surface area contributed by atoms with E-state index in [0.29, 0.717) is 29.3 Å². The highest BCUT2D eigenvalue weighted by atomic mass is 32.1. The van der Waals surface area contributed by atoms with E-state index in [-0.39, 0.29) is 5.69 Å². The monoisotopic (exact) mass is 392 g/mol. The second-order valence-corrected chi connectivity index (χ2v) is 8.71. The smallest absolute Gasteiger partial charge is 0.276 e. The van der Waals surface area contributed by atoms with Crippen molar-refractivity contribution in [3.8, 4) is 0 Å². The van der Waals surface area contributed by atoms with Crippen molar-refractivity contribution in [2.75, 3.05) is 12.4 Å². The zero-order valence-corrected chi connectivity index (χ0v) is 16.9. The van der Waals surface area contributed by atoms with Gasteiger partial charge >= 0.3 is 0 Å². The van der Waals surface area contributed by atoms with E-state index in [4.69, 9.17) is 15.2 Å². The summed E-state index contributed by atoms with van der Waals surface area (Å²) in [5.41, 5.74) is 6.70. The van der Waals surface area contributed by atoms with Crippen LogP contribution in [-0.4, -0.2) is 34.7 Å². The summed E-state index contributed by atoms with van der Waals surface area (Å²) in [4.78, 5) is 25.7. The topological polar surface area (TPSA) is 119 Å². The van der Waals surface area contributed by atoms with Crippen LogP contribution in [0.4, 0.5) is 5.00 Å². The molecule has 4 N–H and O–H groups in total. The van der Waals surface area contributed by atoms with E-state index in [2.05, 4.69) is 15.5 Å². The van der Waals surface area contributed by atoms with Gasteiger partial charge in [0.15, 0.2) is 5.69 Å². The molecule has 0 unspecified atom stereocenters. The Morgan fingerprint density at radius 3 is 2.74 bits per heavy atom. The van der Waals surface area contributed by atoms with Gasteiger partial charge in [0.1, 0.15) is 5.00 Å². The number of carbonyl (C=O) groups is 2. The highest BCUT2D eigenvalue weighted by Gasteiger charge is 2.42. The normalized spacial score (nSPS) is 17.4. The molecule has 0 radical (unpaired) electrons. The predicted octanol–water partition coefficient (Wildman–Crippen LogP) is 2.56. The van der Waals surface area contributed by atoms with E-state index in [9.17, 15) is 9.59 Å². The number of ether oxygens (including phenoxy) is 2. The van der Waals surface area contributed by atoms with E-state index in [0.717, 1.165) is 10.4 Å². The van der Waals surface area contributed by atoms with Gasteiger partial charge in [-0.15, -0.1) is 11.3 Å². The van der Waals surface area contributed by atoms with Crippen LogP contribution in [0.5, 0.6) is 0 Å². The molecule has 1 aliphatic rings. The van der Waals surface area contributed by atoms with Crippen molar-refractivity contribution >= 4 is 28.2 Å². The van der Waals surface area contributed by atoms with E-state index >= 15 is 0 Å². The van der Waals surface area contributed by atoms with Gasteiger partial charge in [0, 0.05) is 18.4 Å². The molecule has 0 saturated heterocycles. The highest BCUT2D eigenvalue weighted by Crippen LogP contribution is 2.48. The van der Waals surface area contributed by atoms with Crippen molar-refractivity contribution in [3.63, 3.8) is 0 Å². The molecule has 0 spiro atoms. The largest absolute Gasteiger partial charge is 0.378 e. The number of rotatable bonds is 5. The number of aromatic nitrogens is 2. The van der Waals surface area contributed by atoms with E-state index < -0.39 is 23.0 Å². The number of amides is 2. The van der Waals surface area contributed by atoms with Crippen molar-refractivity contribution in [2.24, 2.45) is 5.73 Å². The summed E-state index contributed by atoms with van der Waals surface area (Å²) in [7, 11) is 1.56. The Morgan fingerprint density at radius 2 is 2.11 bits per heavy atom. The number of primary amides is 1. The molecule has 2 aromatic heterocycles. The van der Waals surface area contributed by atoms with Gasteiger partial charge < -0.3 is 20.5 Å². The lowest BCUT2D eigenvalue weighted by Gasteiger charge is -2.41. The van der Waals surface area contributed by atoms with Crippen LogP contribution in [0.15, 0.2) is 6.07 Å². The van der Waals surface area contributed by atoms with Crippen LogP contribution in [0.2, 0.25) is 0 Å². The molecule has 3 heterocycles. The Bertz CT molecular complexity index is 897. The first-order valence-corrected chi connectivity index (χ1v) is 9.36. The fourth-order valence-corrected chi connectivity index (χ4v) is 4.80. The summed E-state index contributed by atoms with van der Waals surface area (Å²) >= 11 is 1.32. The average Bonchev–Trinajstić information content (AvgIpc) is 3.10. The number of aromatic amines is 1. The van der Waals surface area contributed by atoms with Gasteiger partial charge in [0.25, 0.3) is 11.8 Å². The highest BCUT2D eigenvalue weighted by molar-refractivity contribution is 7.17. The number of carbonyl (C=O) groups excluding carboxylic acids is 2. The van der Waals surface area contributed by atoms with Crippen molar-refractivity contribution in [1.29, 1.82) is 0 Å². The summed E-state index contributed by atoms with van der Waals surface area (Å²) in [5.74, 6) is -0.994. The van der Waals surface area contributed by atoms with E-state index in [1.54, 1.807) is 13.2 Å². The zero-order chi connectivity index (χ0) is 20.0. The number of nitrogens with two attached hydrogens (primary N) is 1. The van der Waals surface area contributed by atoms with Gasteiger partial charge in [0.2, 0.25) is 0 Å². The quantitative estimate of drug-likeness (QED) is 0.722. The molecule has 146 valence electrons.